The lowest BCUT2D eigenvalue weighted by atomic mass is 9.87. The van der Waals surface area contributed by atoms with Gasteiger partial charge >= 0.3 is 0 Å². The van der Waals surface area contributed by atoms with Crippen LogP contribution in [0.5, 0.6) is 0 Å². The number of rotatable bonds is 10. The lowest BCUT2D eigenvalue weighted by molar-refractivity contribution is 0.805. The van der Waals surface area contributed by atoms with Crippen molar-refractivity contribution >= 4 is 17.1 Å². The molecule has 2 rings (SSSR count). The van der Waals surface area contributed by atoms with Gasteiger partial charge in [0.1, 0.15) is 0 Å². The quantitative estimate of drug-likeness (QED) is 0.321. The molecule has 0 amide bonds. The van der Waals surface area contributed by atoms with Gasteiger partial charge in [0, 0.05) is 17.1 Å². The van der Waals surface area contributed by atoms with Crippen LogP contribution in [0.2, 0.25) is 0 Å². The molecule has 2 nitrogen and oxygen atoms in total. The Morgan fingerprint density at radius 2 is 0.919 bits per heavy atom. The summed E-state index contributed by atoms with van der Waals surface area (Å²) < 4.78 is 0. The fraction of sp³-hybridized carbons (Fsp3) is 0.571. The van der Waals surface area contributed by atoms with Gasteiger partial charge in [-0.2, -0.15) is 0 Å². The summed E-state index contributed by atoms with van der Waals surface area (Å²) in [7, 11) is 0. The Balaban J connectivity index is 2.60. The maximum atomic E-state index is 5.24. The molecule has 0 aliphatic rings. The lowest BCUT2D eigenvalue weighted by Gasteiger charge is -2.24. The molecule has 0 radical (unpaired) electrons. The number of hydrogen-bond acceptors (Lipinski definition) is 2. The third kappa shape index (κ3) is 7.82. The van der Waals surface area contributed by atoms with E-state index >= 15 is 0 Å². The van der Waals surface area contributed by atoms with Gasteiger partial charge in [0.2, 0.25) is 0 Å². The minimum absolute atomic E-state index is 0.424. The largest absolute Gasteiger partial charge is 0.359 e. The van der Waals surface area contributed by atoms with E-state index < -0.39 is 0 Å². The van der Waals surface area contributed by atoms with Gasteiger partial charge in [-0.1, -0.05) is 107 Å². The number of benzene rings is 2. The summed E-state index contributed by atoms with van der Waals surface area (Å²) in [6.07, 6.45) is 2.20. The average Bonchev–Trinajstić information content (AvgIpc) is 2.77. The van der Waals surface area contributed by atoms with Crippen LogP contribution in [0, 0.1) is 0 Å². The molecule has 0 spiro atoms. The SMILES string of the molecule is CC(/C=C(\C)Nc1c(C(C)C)cc(C(C)C)cc1C(C)C)=Nc1c(C(C)C)cc(C(C)C)cc1C(C)C. The highest BCUT2D eigenvalue weighted by Gasteiger charge is 2.19. The molecule has 0 aromatic heterocycles. The van der Waals surface area contributed by atoms with Crippen molar-refractivity contribution in [3.05, 3.63) is 69.4 Å². The Bertz CT molecular complexity index is 1070. The number of hydrogen-bond donors (Lipinski definition) is 1. The third-order valence-corrected chi connectivity index (χ3v) is 7.27. The van der Waals surface area contributed by atoms with Gasteiger partial charge in [-0.15, -0.1) is 0 Å². The van der Waals surface area contributed by atoms with Crippen LogP contribution < -0.4 is 5.32 Å². The Morgan fingerprint density at radius 3 is 1.24 bits per heavy atom. The van der Waals surface area contributed by atoms with E-state index in [4.69, 9.17) is 4.99 Å². The van der Waals surface area contributed by atoms with Crippen LogP contribution in [0.3, 0.4) is 0 Å². The average molecular weight is 503 g/mol. The van der Waals surface area contributed by atoms with Crippen LogP contribution in [0.15, 0.2) is 41.0 Å². The Labute approximate surface area is 229 Å². The van der Waals surface area contributed by atoms with E-state index in [1.54, 1.807) is 0 Å². The van der Waals surface area contributed by atoms with Crippen LogP contribution in [0.1, 0.15) is 166 Å². The second-order valence-corrected chi connectivity index (χ2v) is 12.8. The molecule has 0 bridgehead atoms. The van der Waals surface area contributed by atoms with Gasteiger partial charge in [0.15, 0.2) is 0 Å². The first-order chi connectivity index (χ1) is 17.1. The molecule has 37 heavy (non-hydrogen) atoms. The molecule has 0 unspecified atom stereocenters. The van der Waals surface area contributed by atoms with Gasteiger partial charge in [-0.05, 0) is 88.8 Å². The van der Waals surface area contributed by atoms with Crippen molar-refractivity contribution in [2.45, 2.75) is 132 Å². The molecule has 0 saturated carbocycles. The number of nitrogens with one attached hydrogen (secondary N) is 1. The molecular formula is C35H54N2. The van der Waals surface area contributed by atoms with E-state index in [-0.39, 0.29) is 0 Å². The first-order valence-corrected chi connectivity index (χ1v) is 14.5. The predicted octanol–water partition coefficient (Wildman–Crippen LogP) is 11.5. The molecule has 204 valence electrons. The van der Waals surface area contributed by atoms with Crippen molar-refractivity contribution in [2.75, 3.05) is 5.32 Å². The standard InChI is InChI=1S/C35H54N2/c1-20(2)28-16-30(22(5)6)34(31(17-28)23(7)8)36-26(13)15-27(14)37-35-32(24(9)10)18-29(21(3)4)19-33(35)25(11)12/h15-25,36H,1-14H3/b26-15+,37-27?. The predicted molar refractivity (Wildman–Crippen MR) is 168 cm³/mol. The maximum absolute atomic E-state index is 5.24. The van der Waals surface area contributed by atoms with Gasteiger partial charge in [0.05, 0.1) is 5.69 Å². The molecule has 1 N–H and O–H groups in total. The fourth-order valence-corrected chi connectivity index (χ4v) is 4.90. The zero-order valence-corrected chi connectivity index (χ0v) is 26.3. The molecule has 2 heteroatoms. The molecule has 2 aromatic carbocycles. The first-order valence-electron chi connectivity index (χ1n) is 14.5. The van der Waals surface area contributed by atoms with E-state index in [9.17, 15) is 0 Å². The molecule has 0 aliphatic heterocycles. The van der Waals surface area contributed by atoms with Gasteiger partial charge in [0.25, 0.3) is 0 Å². The normalized spacial score (nSPS) is 13.3. The topological polar surface area (TPSA) is 24.4 Å². The van der Waals surface area contributed by atoms with E-state index in [1.165, 1.54) is 39.1 Å². The molecule has 0 aliphatic carbocycles. The Hall–Kier alpha value is -2.35. The van der Waals surface area contributed by atoms with Crippen LogP contribution >= 0.6 is 0 Å². The number of aliphatic imine (C=N–C) groups is 1. The van der Waals surface area contributed by atoms with Crippen LogP contribution in [0.4, 0.5) is 11.4 Å². The van der Waals surface area contributed by atoms with Crippen LogP contribution in [-0.2, 0) is 0 Å². The van der Waals surface area contributed by atoms with E-state index in [0.29, 0.717) is 35.5 Å². The monoisotopic (exact) mass is 502 g/mol. The van der Waals surface area contributed by atoms with Gasteiger partial charge in [-0.3, -0.25) is 4.99 Å². The summed E-state index contributed by atoms with van der Waals surface area (Å²) in [5, 5.41) is 3.80. The van der Waals surface area contributed by atoms with E-state index in [0.717, 1.165) is 17.1 Å². The minimum atomic E-state index is 0.424. The van der Waals surface area contributed by atoms with Gasteiger partial charge in [-0.25, -0.2) is 0 Å². The second-order valence-electron chi connectivity index (χ2n) is 12.8. The summed E-state index contributed by atoms with van der Waals surface area (Å²) in [5.41, 5.74) is 12.9. The molecule has 2 aromatic rings. The zero-order chi connectivity index (χ0) is 28.2. The Kier molecular flexibility index (Phi) is 10.8. The summed E-state index contributed by atoms with van der Waals surface area (Å²) in [4.78, 5) is 5.24. The summed E-state index contributed by atoms with van der Waals surface area (Å²) >= 11 is 0. The van der Waals surface area contributed by atoms with E-state index in [1.807, 2.05) is 0 Å². The number of allylic oxidation sites excluding steroid dienone is 2. The molecule has 0 fully saturated rings. The van der Waals surface area contributed by atoms with Crippen molar-refractivity contribution in [3.8, 4) is 0 Å². The van der Waals surface area contributed by atoms with Crippen LogP contribution in [-0.4, -0.2) is 5.71 Å². The first kappa shape index (κ1) is 30.9. The van der Waals surface area contributed by atoms with Crippen molar-refractivity contribution in [1.82, 2.24) is 0 Å². The molecule has 0 heterocycles. The molecular weight excluding hydrogens is 448 g/mol. The fourth-order valence-electron chi connectivity index (χ4n) is 4.90. The third-order valence-electron chi connectivity index (χ3n) is 7.27. The molecule has 0 saturated heterocycles. The zero-order valence-electron chi connectivity index (χ0n) is 26.3. The van der Waals surface area contributed by atoms with Crippen molar-refractivity contribution in [1.29, 1.82) is 0 Å². The number of anilines is 1. The Morgan fingerprint density at radius 1 is 0.568 bits per heavy atom. The summed E-state index contributed by atoms with van der Waals surface area (Å²) in [5.74, 6) is 2.77. The summed E-state index contributed by atoms with van der Waals surface area (Å²) in [6, 6.07) is 9.56. The van der Waals surface area contributed by atoms with Crippen LogP contribution in [0.25, 0.3) is 0 Å². The van der Waals surface area contributed by atoms with Crippen molar-refractivity contribution < 1.29 is 0 Å². The minimum Gasteiger partial charge on any atom is -0.359 e. The van der Waals surface area contributed by atoms with E-state index in [2.05, 4.69) is 133 Å². The van der Waals surface area contributed by atoms with Crippen molar-refractivity contribution in [3.63, 3.8) is 0 Å². The maximum Gasteiger partial charge on any atom is 0.0702 e. The van der Waals surface area contributed by atoms with Gasteiger partial charge < -0.3 is 5.32 Å². The van der Waals surface area contributed by atoms with Crippen molar-refractivity contribution in [2.24, 2.45) is 4.99 Å². The lowest BCUT2D eigenvalue weighted by Crippen LogP contribution is -2.09. The highest BCUT2D eigenvalue weighted by atomic mass is 14.9. The smallest absolute Gasteiger partial charge is 0.0702 e. The molecule has 0 atom stereocenters. The highest BCUT2D eigenvalue weighted by Crippen LogP contribution is 2.39. The second kappa shape index (κ2) is 12.9. The number of nitrogens with zero attached hydrogens (tertiary/aromatic N) is 1. The highest BCUT2D eigenvalue weighted by molar-refractivity contribution is 5.96. The summed E-state index contributed by atoms with van der Waals surface area (Å²) in [6.45, 7) is 31.7.